The summed E-state index contributed by atoms with van der Waals surface area (Å²) >= 11 is 0. The summed E-state index contributed by atoms with van der Waals surface area (Å²) in [5.41, 5.74) is 1.42. The number of anilines is 1. The minimum Gasteiger partial charge on any atom is -0.326 e. The molecule has 0 radical (unpaired) electrons. The van der Waals surface area contributed by atoms with Gasteiger partial charge in [-0.3, -0.25) is 9.59 Å². The predicted octanol–water partition coefficient (Wildman–Crippen LogP) is 4.82. The van der Waals surface area contributed by atoms with Gasteiger partial charge in [-0.05, 0) is 43.5 Å². The zero-order valence-corrected chi connectivity index (χ0v) is 13.4. The maximum atomic E-state index is 11.8. The highest BCUT2D eigenvalue weighted by Gasteiger charge is 2.04. The largest absolute Gasteiger partial charge is 0.326 e. The number of ketones is 1. The molecule has 3 heteroatoms. The van der Waals surface area contributed by atoms with Crippen LogP contribution < -0.4 is 5.32 Å². The molecule has 1 rings (SSSR count). The lowest BCUT2D eigenvalue weighted by atomic mass is 10.0. The molecule has 21 heavy (non-hydrogen) atoms. The van der Waals surface area contributed by atoms with Crippen molar-refractivity contribution in [1.29, 1.82) is 0 Å². The van der Waals surface area contributed by atoms with Crippen LogP contribution in [-0.4, -0.2) is 11.7 Å². The van der Waals surface area contributed by atoms with E-state index >= 15 is 0 Å². The van der Waals surface area contributed by atoms with E-state index in [4.69, 9.17) is 0 Å². The van der Waals surface area contributed by atoms with Crippen molar-refractivity contribution in [2.45, 2.75) is 59.3 Å². The van der Waals surface area contributed by atoms with E-state index in [1.54, 1.807) is 24.3 Å². The van der Waals surface area contributed by atoms with Crippen molar-refractivity contribution in [3.8, 4) is 0 Å². The smallest absolute Gasteiger partial charge is 0.224 e. The average Bonchev–Trinajstić information content (AvgIpc) is 2.43. The van der Waals surface area contributed by atoms with E-state index in [-0.39, 0.29) is 11.7 Å². The second-order valence-electron chi connectivity index (χ2n) is 6.03. The molecule has 0 unspecified atom stereocenters. The van der Waals surface area contributed by atoms with Gasteiger partial charge in [-0.25, -0.2) is 0 Å². The Kier molecular flexibility index (Phi) is 7.73. The van der Waals surface area contributed by atoms with Crippen molar-refractivity contribution in [2.24, 2.45) is 5.92 Å². The van der Waals surface area contributed by atoms with Crippen LogP contribution in [0.2, 0.25) is 0 Å². The molecule has 1 N–H and O–H groups in total. The van der Waals surface area contributed by atoms with Crippen molar-refractivity contribution in [3.63, 3.8) is 0 Å². The summed E-state index contributed by atoms with van der Waals surface area (Å²) in [5.74, 6) is 0.856. The Labute approximate surface area is 128 Å². The van der Waals surface area contributed by atoms with Crippen LogP contribution in [0.3, 0.4) is 0 Å². The Balaban J connectivity index is 2.20. The third kappa shape index (κ3) is 7.64. The van der Waals surface area contributed by atoms with Crippen LogP contribution in [0.15, 0.2) is 24.3 Å². The van der Waals surface area contributed by atoms with Crippen molar-refractivity contribution in [2.75, 3.05) is 5.32 Å². The summed E-state index contributed by atoms with van der Waals surface area (Å²) in [7, 11) is 0. The lowest BCUT2D eigenvalue weighted by molar-refractivity contribution is -0.116. The molecular formula is C18H27NO2. The molecule has 1 amide bonds. The first-order valence-corrected chi connectivity index (χ1v) is 7.90. The van der Waals surface area contributed by atoms with Crippen molar-refractivity contribution < 1.29 is 9.59 Å². The summed E-state index contributed by atoms with van der Waals surface area (Å²) in [5, 5.41) is 2.87. The Morgan fingerprint density at radius 3 is 2.19 bits per heavy atom. The van der Waals surface area contributed by atoms with Crippen molar-refractivity contribution >= 4 is 17.4 Å². The number of benzene rings is 1. The number of hydrogen-bond acceptors (Lipinski definition) is 2. The van der Waals surface area contributed by atoms with Gasteiger partial charge in [0.05, 0.1) is 0 Å². The molecule has 0 heterocycles. The number of unbranched alkanes of at least 4 members (excludes halogenated alkanes) is 3. The quantitative estimate of drug-likeness (QED) is 0.523. The van der Waals surface area contributed by atoms with E-state index in [0.29, 0.717) is 12.0 Å². The fourth-order valence-electron chi connectivity index (χ4n) is 2.20. The fraction of sp³-hybridized carbons (Fsp3) is 0.556. The Hall–Kier alpha value is -1.64. The Morgan fingerprint density at radius 2 is 1.62 bits per heavy atom. The van der Waals surface area contributed by atoms with Crippen LogP contribution in [0.5, 0.6) is 0 Å². The summed E-state index contributed by atoms with van der Waals surface area (Å²) in [6, 6.07) is 7.03. The lowest BCUT2D eigenvalue weighted by Crippen LogP contribution is -2.11. The summed E-state index contributed by atoms with van der Waals surface area (Å²) in [6.45, 7) is 6.02. The first kappa shape index (κ1) is 17.4. The lowest BCUT2D eigenvalue weighted by Gasteiger charge is -2.06. The van der Waals surface area contributed by atoms with Crippen LogP contribution in [0, 0.1) is 5.92 Å². The standard InChI is InChI=1S/C18H27NO2/c1-14(2)8-6-4-5-7-9-18(21)19-17-12-10-16(11-13-17)15(3)20/h10-14H,4-9H2,1-3H3,(H,19,21). The minimum absolute atomic E-state index is 0.0364. The zero-order valence-electron chi connectivity index (χ0n) is 13.4. The number of Topliss-reactive ketones (excluding diaryl/α,β-unsaturated/α-hetero) is 1. The van der Waals surface area contributed by atoms with Gasteiger partial charge in [-0.15, -0.1) is 0 Å². The van der Waals surface area contributed by atoms with E-state index in [2.05, 4.69) is 19.2 Å². The van der Waals surface area contributed by atoms with Gasteiger partial charge in [0.2, 0.25) is 5.91 Å². The highest BCUT2D eigenvalue weighted by molar-refractivity contribution is 5.95. The second-order valence-corrected chi connectivity index (χ2v) is 6.03. The SMILES string of the molecule is CC(=O)c1ccc(NC(=O)CCCCCCC(C)C)cc1. The highest BCUT2D eigenvalue weighted by atomic mass is 16.1. The molecule has 0 aliphatic heterocycles. The molecule has 0 fully saturated rings. The molecule has 116 valence electrons. The van der Waals surface area contributed by atoms with Gasteiger partial charge in [-0.2, -0.15) is 0 Å². The summed E-state index contributed by atoms with van der Waals surface area (Å²) in [6.07, 6.45) is 6.36. The number of carbonyl (C=O) groups excluding carboxylic acids is 2. The Morgan fingerprint density at radius 1 is 1.00 bits per heavy atom. The molecule has 0 bridgehead atoms. The molecule has 0 aliphatic carbocycles. The minimum atomic E-state index is 0.0364. The molecule has 0 saturated carbocycles. The van der Waals surface area contributed by atoms with Crippen LogP contribution >= 0.6 is 0 Å². The van der Waals surface area contributed by atoms with Crippen LogP contribution in [0.25, 0.3) is 0 Å². The van der Waals surface area contributed by atoms with E-state index in [0.717, 1.165) is 24.4 Å². The third-order valence-corrected chi connectivity index (χ3v) is 3.51. The van der Waals surface area contributed by atoms with E-state index in [1.165, 1.54) is 26.2 Å². The third-order valence-electron chi connectivity index (χ3n) is 3.51. The van der Waals surface area contributed by atoms with Crippen molar-refractivity contribution in [1.82, 2.24) is 0 Å². The first-order valence-electron chi connectivity index (χ1n) is 7.90. The van der Waals surface area contributed by atoms with Gasteiger partial charge in [0.15, 0.2) is 5.78 Å². The summed E-state index contributed by atoms with van der Waals surface area (Å²) in [4.78, 5) is 23.0. The number of rotatable bonds is 9. The topological polar surface area (TPSA) is 46.2 Å². The normalized spacial score (nSPS) is 10.7. The van der Waals surface area contributed by atoms with E-state index in [9.17, 15) is 9.59 Å². The molecule has 0 aliphatic rings. The average molecular weight is 289 g/mol. The molecule has 3 nitrogen and oxygen atoms in total. The van der Waals surface area contributed by atoms with Gasteiger partial charge >= 0.3 is 0 Å². The predicted molar refractivity (Wildman–Crippen MR) is 87.6 cm³/mol. The Bertz CT molecular complexity index is 449. The van der Waals surface area contributed by atoms with Gasteiger partial charge in [0.25, 0.3) is 0 Å². The van der Waals surface area contributed by atoms with Gasteiger partial charge in [0, 0.05) is 17.7 Å². The van der Waals surface area contributed by atoms with Crippen molar-refractivity contribution in [3.05, 3.63) is 29.8 Å². The number of hydrogen-bond donors (Lipinski definition) is 1. The monoisotopic (exact) mass is 289 g/mol. The molecule has 0 spiro atoms. The molecular weight excluding hydrogens is 262 g/mol. The van der Waals surface area contributed by atoms with Gasteiger partial charge in [-0.1, -0.05) is 39.5 Å². The first-order chi connectivity index (χ1) is 9.99. The van der Waals surface area contributed by atoms with Crippen LogP contribution in [0.1, 0.15) is 69.7 Å². The molecule has 1 aromatic rings. The number of carbonyl (C=O) groups is 2. The molecule has 1 aromatic carbocycles. The number of nitrogens with one attached hydrogen (secondary N) is 1. The molecule has 0 atom stereocenters. The van der Waals surface area contributed by atoms with Gasteiger partial charge in [0.1, 0.15) is 0 Å². The molecule has 0 saturated heterocycles. The fourth-order valence-corrected chi connectivity index (χ4v) is 2.20. The maximum absolute atomic E-state index is 11.8. The second kappa shape index (κ2) is 9.32. The number of amides is 1. The zero-order chi connectivity index (χ0) is 15.7. The summed E-state index contributed by atoms with van der Waals surface area (Å²) < 4.78 is 0. The van der Waals surface area contributed by atoms with E-state index in [1.807, 2.05) is 0 Å². The van der Waals surface area contributed by atoms with Crippen LogP contribution in [0.4, 0.5) is 5.69 Å². The van der Waals surface area contributed by atoms with Gasteiger partial charge < -0.3 is 5.32 Å². The maximum Gasteiger partial charge on any atom is 0.224 e. The molecule has 0 aromatic heterocycles. The highest BCUT2D eigenvalue weighted by Crippen LogP contribution is 2.13. The van der Waals surface area contributed by atoms with Crippen LogP contribution in [-0.2, 0) is 4.79 Å². The van der Waals surface area contributed by atoms with E-state index < -0.39 is 0 Å².